The molecule has 0 bridgehead atoms. The molecule has 1 unspecified atom stereocenters. The molecule has 2 saturated carbocycles. The van der Waals surface area contributed by atoms with Crippen molar-refractivity contribution in [3.63, 3.8) is 0 Å². The molecule has 0 aromatic carbocycles. The summed E-state index contributed by atoms with van der Waals surface area (Å²) in [5.74, 6) is 7.69. The van der Waals surface area contributed by atoms with Gasteiger partial charge in [0, 0.05) is 6.04 Å². The highest BCUT2D eigenvalue weighted by molar-refractivity contribution is 4.97. The van der Waals surface area contributed by atoms with E-state index in [0.29, 0.717) is 11.5 Å². The van der Waals surface area contributed by atoms with Gasteiger partial charge in [-0.15, -0.1) is 0 Å². The van der Waals surface area contributed by atoms with Crippen molar-refractivity contribution in [2.45, 2.75) is 77.7 Å². The molecule has 2 fully saturated rings. The molecule has 2 heteroatoms. The normalized spacial score (nSPS) is 34.8. The van der Waals surface area contributed by atoms with Crippen molar-refractivity contribution in [1.29, 1.82) is 0 Å². The Balaban J connectivity index is 2.04. The second-order valence-electron chi connectivity index (χ2n) is 6.59. The van der Waals surface area contributed by atoms with E-state index >= 15 is 0 Å². The molecule has 0 heterocycles. The first kappa shape index (κ1) is 13.4. The molecule has 0 saturated heterocycles. The van der Waals surface area contributed by atoms with Crippen LogP contribution in [0.4, 0.5) is 0 Å². The number of hydrogen-bond acceptors (Lipinski definition) is 2. The molecule has 2 aliphatic rings. The van der Waals surface area contributed by atoms with E-state index in [1.807, 2.05) is 0 Å². The fraction of sp³-hybridized carbons (Fsp3) is 1.00. The summed E-state index contributed by atoms with van der Waals surface area (Å²) in [5.41, 5.74) is 3.73. The lowest BCUT2D eigenvalue weighted by atomic mass is 9.67. The molecule has 0 spiro atoms. The Kier molecular flexibility index (Phi) is 4.48. The van der Waals surface area contributed by atoms with Crippen LogP contribution in [0.25, 0.3) is 0 Å². The van der Waals surface area contributed by atoms with E-state index in [2.05, 4.69) is 19.3 Å². The van der Waals surface area contributed by atoms with Crippen molar-refractivity contribution in [3.8, 4) is 0 Å². The summed E-state index contributed by atoms with van der Waals surface area (Å²) >= 11 is 0. The van der Waals surface area contributed by atoms with E-state index in [4.69, 9.17) is 5.84 Å². The third-order valence-corrected chi connectivity index (χ3v) is 5.67. The van der Waals surface area contributed by atoms with E-state index < -0.39 is 0 Å². The number of nitrogens with two attached hydrogens (primary N) is 1. The van der Waals surface area contributed by atoms with Gasteiger partial charge in [0.2, 0.25) is 0 Å². The first-order valence-corrected chi connectivity index (χ1v) is 7.68. The van der Waals surface area contributed by atoms with Crippen molar-refractivity contribution in [1.82, 2.24) is 5.43 Å². The molecule has 3 N–H and O–H groups in total. The number of hydrogen-bond donors (Lipinski definition) is 2. The maximum Gasteiger partial charge on any atom is 0.0295 e. The van der Waals surface area contributed by atoms with E-state index in [0.717, 1.165) is 11.8 Å². The van der Waals surface area contributed by atoms with Gasteiger partial charge in [-0.2, -0.15) is 0 Å². The SMILES string of the molecule is CCC1(C(NN)C2CCC(C)CC2)CCCC1. The van der Waals surface area contributed by atoms with Gasteiger partial charge in [-0.05, 0) is 49.4 Å². The Morgan fingerprint density at radius 3 is 2.24 bits per heavy atom. The highest BCUT2D eigenvalue weighted by Crippen LogP contribution is 2.48. The van der Waals surface area contributed by atoms with Gasteiger partial charge in [0.15, 0.2) is 0 Å². The molecule has 1 atom stereocenters. The molecule has 2 aliphatic carbocycles. The molecule has 0 aromatic rings. The number of nitrogens with one attached hydrogen (secondary N) is 1. The average molecular weight is 238 g/mol. The minimum atomic E-state index is 0.514. The first-order valence-electron chi connectivity index (χ1n) is 7.68. The smallest absolute Gasteiger partial charge is 0.0295 e. The van der Waals surface area contributed by atoms with Crippen LogP contribution in [-0.2, 0) is 0 Å². The molecule has 17 heavy (non-hydrogen) atoms. The van der Waals surface area contributed by atoms with Crippen LogP contribution in [0.5, 0.6) is 0 Å². The molecular weight excluding hydrogens is 208 g/mol. The first-order chi connectivity index (χ1) is 8.22. The molecule has 0 amide bonds. The van der Waals surface area contributed by atoms with Gasteiger partial charge in [0.1, 0.15) is 0 Å². The minimum absolute atomic E-state index is 0.514. The fourth-order valence-electron chi connectivity index (χ4n) is 4.40. The van der Waals surface area contributed by atoms with Crippen LogP contribution in [0.1, 0.15) is 71.6 Å². The van der Waals surface area contributed by atoms with Crippen LogP contribution < -0.4 is 11.3 Å². The number of rotatable bonds is 4. The second kappa shape index (κ2) is 5.71. The zero-order valence-corrected chi connectivity index (χ0v) is 11.7. The summed E-state index contributed by atoms with van der Waals surface area (Å²) in [5, 5.41) is 0. The standard InChI is InChI=1S/C15H30N2/c1-3-15(10-4-5-11-15)14(17-16)13-8-6-12(2)7-9-13/h12-14,17H,3-11,16H2,1-2H3. The van der Waals surface area contributed by atoms with Crippen LogP contribution in [0.2, 0.25) is 0 Å². The summed E-state index contributed by atoms with van der Waals surface area (Å²) in [6.45, 7) is 4.76. The predicted octanol–water partition coefficient (Wildman–Crippen LogP) is 3.62. The van der Waals surface area contributed by atoms with E-state index in [1.165, 1.54) is 57.8 Å². The van der Waals surface area contributed by atoms with Crippen molar-refractivity contribution in [2.75, 3.05) is 0 Å². The molecule has 2 rings (SSSR count). The van der Waals surface area contributed by atoms with Crippen molar-refractivity contribution < 1.29 is 0 Å². The van der Waals surface area contributed by atoms with Gasteiger partial charge in [0.05, 0.1) is 0 Å². The lowest BCUT2D eigenvalue weighted by Crippen LogP contribution is -2.52. The Morgan fingerprint density at radius 2 is 1.76 bits per heavy atom. The van der Waals surface area contributed by atoms with Gasteiger partial charge in [-0.1, -0.05) is 39.5 Å². The third kappa shape index (κ3) is 2.68. The molecule has 0 aliphatic heterocycles. The lowest BCUT2D eigenvalue weighted by molar-refractivity contribution is 0.100. The third-order valence-electron chi connectivity index (χ3n) is 5.67. The largest absolute Gasteiger partial charge is 0.271 e. The zero-order valence-electron chi connectivity index (χ0n) is 11.7. The Hall–Kier alpha value is -0.0800. The summed E-state index contributed by atoms with van der Waals surface area (Å²) in [7, 11) is 0. The molecular formula is C15H30N2. The maximum atomic E-state index is 5.93. The quantitative estimate of drug-likeness (QED) is 0.580. The van der Waals surface area contributed by atoms with Gasteiger partial charge in [-0.25, -0.2) is 0 Å². The van der Waals surface area contributed by atoms with Crippen molar-refractivity contribution >= 4 is 0 Å². The summed E-state index contributed by atoms with van der Waals surface area (Å²) in [4.78, 5) is 0. The average Bonchev–Trinajstić information content (AvgIpc) is 2.82. The predicted molar refractivity (Wildman–Crippen MR) is 73.4 cm³/mol. The van der Waals surface area contributed by atoms with Gasteiger partial charge in [0.25, 0.3) is 0 Å². The summed E-state index contributed by atoms with van der Waals surface area (Å²) < 4.78 is 0. The maximum absolute atomic E-state index is 5.93. The molecule has 0 radical (unpaired) electrons. The minimum Gasteiger partial charge on any atom is -0.271 e. The van der Waals surface area contributed by atoms with Crippen LogP contribution in [-0.4, -0.2) is 6.04 Å². The number of hydrazine groups is 1. The summed E-state index contributed by atoms with van der Waals surface area (Å²) in [6, 6.07) is 0.572. The monoisotopic (exact) mass is 238 g/mol. The van der Waals surface area contributed by atoms with E-state index in [1.54, 1.807) is 0 Å². The van der Waals surface area contributed by atoms with Crippen LogP contribution in [0, 0.1) is 17.3 Å². The van der Waals surface area contributed by atoms with Gasteiger partial charge >= 0.3 is 0 Å². The topological polar surface area (TPSA) is 38.0 Å². The fourth-order valence-corrected chi connectivity index (χ4v) is 4.40. The van der Waals surface area contributed by atoms with Gasteiger partial charge < -0.3 is 0 Å². The van der Waals surface area contributed by atoms with Crippen LogP contribution in [0.15, 0.2) is 0 Å². The highest BCUT2D eigenvalue weighted by Gasteiger charge is 2.43. The van der Waals surface area contributed by atoms with E-state index in [-0.39, 0.29) is 0 Å². The zero-order chi connectivity index (χ0) is 12.3. The van der Waals surface area contributed by atoms with Crippen LogP contribution >= 0.6 is 0 Å². The second-order valence-corrected chi connectivity index (χ2v) is 6.59. The van der Waals surface area contributed by atoms with Crippen molar-refractivity contribution in [3.05, 3.63) is 0 Å². The molecule has 100 valence electrons. The van der Waals surface area contributed by atoms with E-state index in [9.17, 15) is 0 Å². The Morgan fingerprint density at radius 1 is 1.18 bits per heavy atom. The molecule has 2 nitrogen and oxygen atoms in total. The Labute approximate surface area is 107 Å². The van der Waals surface area contributed by atoms with Crippen molar-refractivity contribution in [2.24, 2.45) is 23.1 Å². The summed E-state index contributed by atoms with van der Waals surface area (Å²) in [6.07, 6.45) is 12.5. The van der Waals surface area contributed by atoms with Gasteiger partial charge in [-0.3, -0.25) is 11.3 Å². The lowest BCUT2D eigenvalue weighted by Gasteiger charge is -2.43. The highest BCUT2D eigenvalue weighted by atomic mass is 15.2. The molecule has 0 aromatic heterocycles. The van der Waals surface area contributed by atoms with Crippen LogP contribution in [0.3, 0.4) is 0 Å². The Bertz CT molecular complexity index is 225.